The molecule has 0 radical (unpaired) electrons. The van der Waals surface area contributed by atoms with E-state index in [1.807, 2.05) is 0 Å². The minimum atomic E-state index is -3.60. The smallest absolute Gasteiger partial charge is 0.306 e. The number of methoxy groups -OCH3 is 1. The van der Waals surface area contributed by atoms with Crippen LogP contribution in [0.15, 0.2) is 10.3 Å². The number of thiophene rings is 1. The molecule has 0 aliphatic rings. The van der Waals surface area contributed by atoms with Gasteiger partial charge in [0.05, 0.1) is 17.9 Å². The van der Waals surface area contributed by atoms with E-state index in [0.717, 1.165) is 16.9 Å². The van der Waals surface area contributed by atoms with Crippen LogP contribution in [0.3, 0.4) is 0 Å². The van der Waals surface area contributed by atoms with Gasteiger partial charge in [-0.05, 0) is 18.6 Å². The molecule has 0 bridgehead atoms. The maximum Gasteiger partial charge on any atom is 0.306 e. The van der Waals surface area contributed by atoms with Crippen LogP contribution < -0.4 is 0 Å². The molecule has 0 unspecified atom stereocenters. The second kappa shape index (κ2) is 6.69. The molecule has 1 heterocycles. The zero-order valence-electron chi connectivity index (χ0n) is 11.0. The van der Waals surface area contributed by atoms with Crippen LogP contribution >= 0.6 is 22.9 Å². The summed E-state index contributed by atoms with van der Waals surface area (Å²) in [5.41, 5.74) is 0.731. The number of carbonyl (C=O) groups is 1. The SMILES string of the molecule is CCN(CCC(=O)OC)S(=O)(=O)c1cc(C)c(Cl)s1. The normalized spacial score (nSPS) is 11.8. The standard InChI is InChI=1S/C11H16ClNO4S2/c1-4-13(6-5-9(14)17-3)19(15,16)10-7-8(2)11(12)18-10/h7H,4-6H2,1-3H3. The number of aryl methyl sites for hydroxylation is 1. The van der Waals surface area contributed by atoms with Gasteiger partial charge in [-0.25, -0.2) is 8.42 Å². The van der Waals surface area contributed by atoms with Gasteiger partial charge >= 0.3 is 5.97 Å². The number of nitrogens with zero attached hydrogens (tertiary/aromatic N) is 1. The summed E-state index contributed by atoms with van der Waals surface area (Å²) in [4.78, 5) is 11.1. The van der Waals surface area contributed by atoms with Crippen molar-refractivity contribution in [3.63, 3.8) is 0 Å². The average molecular weight is 326 g/mol. The van der Waals surface area contributed by atoms with Gasteiger partial charge < -0.3 is 4.74 Å². The Morgan fingerprint density at radius 2 is 2.16 bits per heavy atom. The van der Waals surface area contributed by atoms with Gasteiger partial charge in [0.2, 0.25) is 0 Å². The van der Waals surface area contributed by atoms with Gasteiger partial charge in [0.25, 0.3) is 10.0 Å². The Balaban J connectivity index is 2.92. The quantitative estimate of drug-likeness (QED) is 0.753. The van der Waals surface area contributed by atoms with E-state index in [2.05, 4.69) is 4.74 Å². The van der Waals surface area contributed by atoms with Crippen molar-refractivity contribution in [2.45, 2.75) is 24.5 Å². The lowest BCUT2D eigenvalue weighted by Crippen LogP contribution is -2.32. The fourth-order valence-electron chi connectivity index (χ4n) is 1.45. The highest BCUT2D eigenvalue weighted by Crippen LogP contribution is 2.31. The van der Waals surface area contributed by atoms with Crippen LogP contribution in [0.1, 0.15) is 18.9 Å². The second-order valence-electron chi connectivity index (χ2n) is 3.84. The largest absolute Gasteiger partial charge is 0.469 e. The van der Waals surface area contributed by atoms with Crippen molar-refractivity contribution in [3.05, 3.63) is 16.0 Å². The van der Waals surface area contributed by atoms with E-state index in [1.165, 1.54) is 11.4 Å². The molecule has 19 heavy (non-hydrogen) atoms. The van der Waals surface area contributed by atoms with Crippen LogP contribution in [-0.4, -0.2) is 38.9 Å². The highest BCUT2D eigenvalue weighted by molar-refractivity contribution is 7.91. The predicted molar refractivity (Wildman–Crippen MR) is 75.1 cm³/mol. The molecule has 1 aromatic heterocycles. The Morgan fingerprint density at radius 3 is 2.58 bits per heavy atom. The molecule has 0 spiro atoms. The number of ether oxygens (including phenoxy) is 1. The highest BCUT2D eigenvalue weighted by Gasteiger charge is 2.26. The topological polar surface area (TPSA) is 63.7 Å². The van der Waals surface area contributed by atoms with Crippen LogP contribution in [0, 0.1) is 6.92 Å². The first-order valence-electron chi connectivity index (χ1n) is 5.65. The van der Waals surface area contributed by atoms with Crippen molar-refractivity contribution in [3.8, 4) is 0 Å². The number of esters is 1. The van der Waals surface area contributed by atoms with E-state index in [-0.39, 0.29) is 23.7 Å². The van der Waals surface area contributed by atoms with Gasteiger partial charge in [-0.3, -0.25) is 4.79 Å². The van der Waals surface area contributed by atoms with Crippen LogP contribution in [0.25, 0.3) is 0 Å². The van der Waals surface area contributed by atoms with Crippen LogP contribution in [-0.2, 0) is 19.6 Å². The molecule has 0 saturated heterocycles. The Morgan fingerprint density at radius 1 is 1.53 bits per heavy atom. The summed E-state index contributed by atoms with van der Waals surface area (Å²) in [6.45, 7) is 3.85. The van der Waals surface area contributed by atoms with E-state index in [9.17, 15) is 13.2 Å². The van der Waals surface area contributed by atoms with E-state index < -0.39 is 16.0 Å². The number of hydrogen-bond acceptors (Lipinski definition) is 5. The Labute approximate surface area is 122 Å². The first-order chi connectivity index (χ1) is 8.82. The van der Waals surface area contributed by atoms with Crippen LogP contribution in [0.4, 0.5) is 0 Å². The number of halogens is 1. The number of hydrogen-bond donors (Lipinski definition) is 0. The number of rotatable bonds is 6. The first-order valence-corrected chi connectivity index (χ1v) is 8.29. The molecule has 1 aromatic rings. The molecule has 108 valence electrons. The lowest BCUT2D eigenvalue weighted by molar-refractivity contribution is -0.140. The van der Waals surface area contributed by atoms with Gasteiger partial charge in [0, 0.05) is 13.1 Å². The molecule has 0 N–H and O–H groups in total. The van der Waals surface area contributed by atoms with Crippen molar-refractivity contribution in [2.24, 2.45) is 0 Å². The predicted octanol–water partition coefficient (Wildman–Crippen LogP) is 2.28. The van der Waals surface area contributed by atoms with Gasteiger partial charge in [-0.1, -0.05) is 18.5 Å². The second-order valence-corrected chi connectivity index (χ2v) is 7.66. The molecular formula is C11H16ClNO4S2. The van der Waals surface area contributed by atoms with Crippen molar-refractivity contribution in [1.82, 2.24) is 4.31 Å². The maximum absolute atomic E-state index is 12.4. The molecule has 1 rings (SSSR count). The third kappa shape index (κ3) is 3.92. The number of carbonyl (C=O) groups excluding carboxylic acids is 1. The summed E-state index contributed by atoms with van der Waals surface area (Å²) in [5.74, 6) is -0.436. The summed E-state index contributed by atoms with van der Waals surface area (Å²) in [6.07, 6.45) is 0.0294. The average Bonchev–Trinajstić information content (AvgIpc) is 2.70. The van der Waals surface area contributed by atoms with Gasteiger partial charge in [-0.2, -0.15) is 4.31 Å². The molecule has 5 nitrogen and oxygen atoms in total. The number of sulfonamides is 1. The van der Waals surface area contributed by atoms with E-state index in [1.54, 1.807) is 19.9 Å². The fourth-order valence-corrected chi connectivity index (χ4v) is 4.77. The Kier molecular flexibility index (Phi) is 5.79. The molecule has 0 aromatic carbocycles. The lowest BCUT2D eigenvalue weighted by Gasteiger charge is -2.18. The molecule has 0 aliphatic carbocycles. The third-order valence-corrected chi connectivity index (χ3v) is 6.55. The summed E-state index contributed by atoms with van der Waals surface area (Å²) < 4.78 is 31.1. The Bertz CT molecular complexity index is 534. The Hall–Kier alpha value is -0.630. The van der Waals surface area contributed by atoms with Gasteiger partial charge in [0.1, 0.15) is 4.21 Å². The van der Waals surface area contributed by atoms with Crippen molar-refractivity contribution in [2.75, 3.05) is 20.2 Å². The monoisotopic (exact) mass is 325 g/mol. The molecule has 0 saturated carbocycles. The minimum absolute atomic E-state index is 0.0294. The molecule has 0 amide bonds. The lowest BCUT2D eigenvalue weighted by atomic mass is 10.4. The maximum atomic E-state index is 12.4. The molecule has 0 fully saturated rings. The summed E-state index contributed by atoms with van der Waals surface area (Å²) in [5, 5.41) is 0. The van der Waals surface area contributed by atoms with Crippen LogP contribution in [0.2, 0.25) is 4.34 Å². The minimum Gasteiger partial charge on any atom is -0.469 e. The summed E-state index contributed by atoms with van der Waals surface area (Å²) in [7, 11) is -2.32. The molecule has 0 aliphatic heterocycles. The zero-order valence-corrected chi connectivity index (χ0v) is 13.4. The van der Waals surface area contributed by atoms with Crippen LogP contribution in [0.5, 0.6) is 0 Å². The fraction of sp³-hybridized carbons (Fsp3) is 0.545. The van der Waals surface area contributed by atoms with E-state index in [4.69, 9.17) is 11.6 Å². The third-order valence-electron chi connectivity index (χ3n) is 2.57. The van der Waals surface area contributed by atoms with Gasteiger partial charge in [0.15, 0.2) is 0 Å². The molecular weight excluding hydrogens is 310 g/mol. The molecule has 0 atom stereocenters. The summed E-state index contributed by atoms with van der Waals surface area (Å²) >= 11 is 6.92. The van der Waals surface area contributed by atoms with Crippen molar-refractivity contribution < 1.29 is 17.9 Å². The highest BCUT2D eigenvalue weighted by atomic mass is 35.5. The van der Waals surface area contributed by atoms with E-state index >= 15 is 0 Å². The van der Waals surface area contributed by atoms with Crippen molar-refractivity contribution >= 4 is 38.9 Å². The zero-order chi connectivity index (χ0) is 14.6. The molecule has 8 heteroatoms. The van der Waals surface area contributed by atoms with Crippen molar-refractivity contribution in [1.29, 1.82) is 0 Å². The van der Waals surface area contributed by atoms with E-state index in [0.29, 0.717) is 4.34 Å². The van der Waals surface area contributed by atoms with Gasteiger partial charge in [-0.15, -0.1) is 11.3 Å². The summed E-state index contributed by atoms with van der Waals surface area (Å²) in [6, 6.07) is 1.54. The first kappa shape index (κ1) is 16.4.